The first kappa shape index (κ1) is 11.9. The summed E-state index contributed by atoms with van der Waals surface area (Å²) < 4.78 is 18.5. The Labute approximate surface area is 88.7 Å². The molecule has 0 aliphatic carbocycles. The molecule has 0 fully saturated rings. The predicted octanol–water partition coefficient (Wildman–Crippen LogP) is 1.43. The largest absolute Gasteiger partial charge is 0.487 e. The second kappa shape index (κ2) is 5.68. The summed E-state index contributed by atoms with van der Waals surface area (Å²) in [6.07, 6.45) is 0.00194. The number of ether oxygens (including phenoxy) is 1. The summed E-state index contributed by atoms with van der Waals surface area (Å²) in [5.41, 5.74) is 6.06. The van der Waals surface area contributed by atoms with Gasteiger partial charge in [-0.05, 0) is 12.5 Å². The number of benzene rings is 1. The van der Waals surface area contributed by atoms with Gasteiger partial charge in [-0.3, -0.25) is 0 Å². The molecule has 1 aromatic carbocycles. The third-order valence-electron chi connectivity index (χ3n) is 2.16. The molecule has 0 saturated carbocycles. The van der Waals surface area contributed by atoms with Crippen LogP contribution in [0.3, 0.4) is 0 Å². The lowest BCUT2D eigenvalue weighted by Gasteiger charge is -2.13. The second-order valence-electron chi connectivity index (χ2n) is 3.31. The van der Waals surface area contributed by atoms with Gasteiger partial charge in [-0.1, -0.05) is 19.1 Å². The molecule has 0 heterocycles. The van der Waals surface area contributed by atoms with Crippen molar-refractivity contribution < 1.29 is 14.2 Å². The van der Waals surface area contributed by atoms with Crippen LogP contribution >= 0.6 is 0 Å². The lowest BCUT2D eigenvalue weighted by atomic mass is 10.2. The summed E-state index contributed by atoms with van der Waals surface area (Å²) in [5.74, 6) is -0.297. The van der Waals surface area contributed by atoms with Crippen molar-refractivity contribution in [2.45, 2.75) is 26.0 Å². The molecule has 0 saturated heterocycles. The molecule has 3 N–H and O–H groups in total. The molecule has 1 aromatic rings. The molecule has 84 valence electrons. The summed E-state index contributed by atoms with van der Waals surface area (Å²) in [5, 5.41) is 9.30. The van der Waals surface area contributed by atoms with Gasteiger partial charge in [0.25, 0.3) is 0 Å². The summed E-state index contributed by atoms with van der Waals surface area (Å²) in [7, 11) is 0. The van der Waals surface area contributed by atoms with Crippen molar-refractivity contribution >= 4 is 0 Å². The van der Waals surface area contributed by atoms with E-state index in [9.17, 15) is 9.50 Å². The van der Waals surface area contributed by atoms with Crippen LogP contribution in [0.1, 0.15) is 18.9 Å². The number of nitrogens with two attached hydrogens (primary N) is 1. The fourth-order valence-corrected chi connectivity index (χ4v) is 1.17. The molecule has 0 spiro atoms. The molecule has 0 aromatic heterocycles. The zero-order valence-electron chi connectivity index (χ0n) is 8.74. The van der Waals surface area contributed by atoms with Crippen LogP contribution in [0.5, 0.6) is 5.75 Å². The lowest BCUT2D eigenvalue weighted by Crippen LogP contribution is -2.17. The van der Waals surface area contributed by atoms with Crippen molar-refractivity contribution in [1.82, 2.24) is 0 Å². The monoisotopic (exact) mass is 213 g/mol. The van der Waals surface area contributed by atoms with E-state index in [4.69, 9.17) is 10.5 Å². The third-order valence-corrected chi connectivity index (χ3v) is 2.16. The highest BCUT2D eigenvalue weighted by molar-refractivity contribution is 5.34. The number of hydrogen-bond acceptors (Lipinski definition) is 3. The Bertz CT molecular complexity index is 317. The highest BCUT2D eigenvalue weighted by Crippen LogP contribution is 2.22. The van der Waals surface area contributed by atoms with E-state index in [0.717, 1.165) is 0 Å². The van der Waals surface area contributed by atoms with Crippen LogP contribution in [-0.2, 0) is 6.54 Å². The van der Waals surface area contributed by atoms with Gasteiger partial charge in [0.05, 0.1) is 6.10 Å². The normalized spacial score (nSPS) is 12.5. The van der Waals surface area contributed by atoms with Gasteiger partial charge in [0.2, 0.25) is 0 Å². The zero-order valence-corrected chi connectivity index (χ0v) is 8.74. The average molecular weight is 213 g/mol. The van der Waals surface area contributed by atoms with Crippen LogP contribution in [0.2, 0.25) is 0 Å². The molecule has 0 amide bonds. The maximum Gasteiger partial charge on any atom is 0.165 e. The van der Waals surface area contributed by atoms with Gasteiger partial charge >= 0.3 is 0 Å². The van der Waals surface area contributed by atoms with E-state index in [2.05, 4.69) is 0 Å². The molecule has 15 heavy (non-hydrogen) atoms. The Morgan fingerprint density at radius 3 is 2.87 bits per heavy atom. The molecule has 0 bridgehead atoms. The SMILES string of the molecule is CCC(O)COc1c(F)cccc1CN. The minimum atomic E-state index is -0.574. The van der Waals surface area contributed by atoms with Crippen LogP contribution in [0, 0.1) is 5.82 Å². The molecule has 0 aliphatic heterocycles. The van der Waals surface area contributed by atoms with Crippen molar-refractivity contribution in [2.75, 3.05) is 6.61 Å². The first-order valence-electron chi connectivity index (χ1n) is 4.97. The Kier molecular flexibility index (Phi) is 4.52. The minimum absolute atomic E-state index is 0.0877. The second-order valence-corrected chi connectivity index (χ2v) is 3.31. The maximum absolute atomic E-state index is 13.3. The Balaban J connectivity index is 2.74. The number of rotatable bonds is 5. The van der Waals surface area contributed by atoms with Crippen molar-refractivity contribution in [3.05, 3.63) is 29.6 Å². The van der Waals surface area contributed by atoms with E-state index in [1.54, 1.807) is 12.1 Å². The third kappa shape index (κ3) is 3.18. The molecule has 1 atom stereocenters. The topological polar surface area (TPSA) is 55.5 Å². The maximum atomic E-state index is 13.3. The lowest BCUT2D eigenvalue weighted by molar-refractivity contribution is 0.101. The molecule has 1 rings (SSSR count). The number of halogens is 1. The van der Waals surface area contributed by atoms with E-state index in [0.29, 0.717) is 12.0 Å². The number of aliphatic hydroxyl groups excluding tert-OH is 1. The van der Waals surface area contributed by atoms with Crippen molar-refractivity contribution in [1.29, 1.82) is 0 Å². The highest BCUT2D eigenvalue weighted by Gasteiger charge is 2.10. The van der Waals surface area contributed by atoms with E-state index in [1.807, 2.05) is 6.92 Å². The van der Waals surface area contributed by atoms with Gasteiger partial charge < -0.3 is 15.6 Å². The van der Waals surface area contributed by atoms with Crippen LogP contribution in [0.25, 0.3) is 0 Å². The molecule has 3 nitrogen and oxygen atoms in total. The molecular formula is C11H16FNO2. The van der Waals surface area contributed by atoms with Gasteiger partial charge in [0.15, 0.2) is 11.6 Å². The summed E-state index contributed by atoms with van der Waals surface area (Å²) >= 11 is 0. The fraction of sp³-hybridized carbons (Fsp3) is 0.455. The Hall–Kier alpha value is -1.13. The zero-order chi connectivity index (χ0) is 11.3. The Morgan fingerprint density at radius 2 is 2.27 bits per heavy atom. The van der Waals surface area contributed by atoms with E-state index < -0.39 is 11.9 Å². The molecule has 1 unspecified atom stereocenters. The first-order valence-corrected chi connectivity index (χ1v) is 4.97. The molecule has 0 aliphatic rings. The average Bonchev–Trinajstić information content (AvgIpc) is 2.26. The van der Waals surface area contributed by atoms with Crippen LogP contribution in [0.4, 0.5) is 4.39 Å². The van der Waals surface area contributed by atoms with E-state index in [-0.39, 0.29) is 18.9 Å². The quantitative estimate of drug-likeness (QED) is 0.778. The smallest absolute Gasteiger partial charge is 0.165 e. The number of hydrogen-bond donors (Lipinski definition) is 2. The van der Waals surface area contributed by atoms with Gasteiger partial charge in [0.1, 0.15) is 6.61 Å². The fourth-order valence-electron chi connectivity index (χ4n) is 1.17. The van der Waals surface area contributed by atoms with Crippen LogP contribution < -0.4 is 10.5 Å². The van der Waals surface area contributed by atoms with Crippen molar-refractivity contribution in [3.63, 3.8) is 0 Å². The summed E-state index contributed by atoms with van der Waals surface area (Å²) in [6, 6.07) is 4.60. The predicted molar refractivity (Wildman–Crippen MR) is 56.1 cm³/mol. The first-order chi connectivity index (χ1) is 7.19. The summed E-state index contributed by atoms with van der Waals surface area (Å²) in [6.45, 7) is 2.14. The van der Waals surface area contributed by atoms with Crippen LogP contribution in [0.15, 0.2) is 18.2 Å². The molecular weight excluding hydrogens is 197 g/mol. The van der Waals surface area contributed by atoms with Gasteiger partial charge in [0, 0.05) is 12.1 Å². The van der Waals surface area contributed by atoms with Crippen molar-refractivity contribution in [2.24, 2.45) is 5.73 Å². The van der Waals surface area contributed by atoms with Crippen molar-refractivity contribution in [3.8, 4) is 5.75 Å². The van der Waals surface area contributed by atoms with E-state index in [1.165, 1.54) is 6.07 Å². The van der Waals surface area contributed by atoms with Crippen LogP contribution in [-0.4, -0.2) is 17.8 Å². The van der Waals surface area contributed by atoms with E-state index >= 15 is 0 Å². The standard InChI is InChI=1S/C11H16FNO2/c1-2-9(14)7-15-11-8(6-13)4-3-5-10(11)12/h3-5,9,14H,2,6-7,13H2,1H3. The number of para-hydroxylation sites is 1. The molecule has 0 radical (unpaired) electrons. The number of aliphatic hydroxyl groups is 1. The highest BCUT2D eigenvalue weighted by atomic mass is 19.1. The summed E-state index contributed by atoms with van der Waals surface area (Å²) in [4.78, 5) is 0. The Morgan fingerprint density at radius 1 is 1.53 bits per heavy atom. The van der Waals surface area contributed by atoms with Gasteiger partial charge in [-0.25, -0.2) is 4.39 Å². The van der Waals surface area contributed by atoms with Gasteiger partial charge in [-0.2, -0.15) is 0 Å². The molecule has 4 heteroatoms. The van der Waals surface area contributed by atoms with Gasteiger partial charge in [-0.15, -0.1) is 0 Å². The minimum Gasteiger partial charge on any atom is -0.487 e.